The van der Waals surface area contributed by atoms with Crippen LogP contribution in [-0.4, -0.2) is 37.4 Å². The van der Waals surface area contributed by atoms with E-state index in [1.165, 1.54) is 12.1 Å². The first-order valence-corrected chi connectivity index (χ1v) is 9.60. The molecule has 0 saturated carbocycles. The molecule has 0 aliphatic heterocycles. The Balaban J connectivity index is 1.97. The second kappa shape index (κ2) is 12.4. The molecule has 2 rings (SSSR count). The number of aliphatic imine (C=N–C) groups is 1. The highest BCUT2D eigenvalue weighted by Crippen LogP contribution is 2.20. The molecule has 0 amide bonds. The highest BCUT2D eigenvalue weighted by molar-refractivity contribution is 5.79. The summed E-state index contributed by atoms with van der Waals surface area (Å²) in [4.78, 5) is 4.54. The maximum atomic E-state index is 12.2. The molecule has 0 heterocycles. The molecule has 1 atom stereocenters. The summed E-state index contributed by atoms with van der Waals surface area (Å²) in [5, 5.41) is 16.6. The van der Waals surface area contributed by atoms with Gasteiger partial charge in [-0.1, -0.05) is 43.0 Å². The largest absolute Gasteiger partial charge is 0.489 e. The molecule has 30 heavy (non-hydrogen) atoms. The molecule has 0 radical (unpaired) electrons. The van der Waals surface area contributed by atoms with Gasteiger partial charge in [-0.05, 0) is 30.7 Å². The number of halogens is 2. The molecular formula is C22H27F2N3O3. The number of hydrogen-bond acceptors (Lipinski definition) is 4. The van der Waals surface area contributed by atoms with Crippen molar-refractivity contribution in [3.63, 3.8) is 0 Å². The quantitative estimate of drug-likeness (QED) is 0.295. The zero-order valence-corrected chi connectivity index (χ0v) is 16.9. The molecule has 0 spiro atoms. The van der Waals surface area contributed by atoms with E-state index in [9.17, 15) is 13.9 Å². The average Bonchev–Trinajstić information content (AvgIpc) is 2.74. The van der Waals surface area contributed by atoms with Gasteiger partial charge in [0.1, 0.15) is 18.1 Å². The van der Waals surface area contributed by atoms with Gasteiger partial charge < -0.3 is 25.2 Å². The number of benzene rings is 2. The minimum atomic E-state index is -2.88. The Morgan fingerprint density at radius 1 is 1.17 bits per heavy atom. The number of ether oxygens (including phenoxy) is 2. The van der Waals surface area contributed by atoms with E-state index in [2.05, 4.69) is 26.9 Å². The summed E-state index contributed by atoms with van der Waals surface area (Å²) in [6.45, 7) is 4.35. The van der Waals surface area contributed by atoms with Gasteiger partial charge >= 0.3 is 6.61 Å². The van der Waals surface area contributed by atoms with Gasteiger partial charge in [-0.3, -0.25) is 0 Å². The Bertz CT molecular complexity index is 814. The Morgan fingerprint density at radius 2 is 1.90 bits per heavy atom. The van der Waals surface area contributed by atoms with E-state index in [4.69, 9.17) is 4.74 Å². The van der Waals surface area contributed by atoms with Crippen molar-refractivity contribution < 1.29 is 23.4 Å². The molecule has 2 aromatic rings. The van der Waals surface area contributed by atoms with Crippen molar-refractivity contribution in [1.29, 1.82) is 0 Å². The van der Waals surface area contributed by atoms with Crippen LogP contribution < -0.4 is 20.1 Å². The van der Waals surface area contributed by atoms with Crippen LogP contribution >= 0.6 is 0 Å². The molecule has 6 nitrogen and oxygen atoms in total. The topological polar surface area (TPSA) is 75.1 Å². The van der Waals surface area contributed by atoms with Gasteiger partial charge in [0.05, 0.1) is 12.6 Å². The summed E-state index contributed by atoms with van der Waals surface area (Å²) in [5.41, 5.74) is 1.50. The number of aliphatic hydroxyl groups is 1. The van der Waals surface area contributed by atoms with E-state index < -0.39 is 12.7 Å². The Kier molecular flexibility index (Phi) is 9.60. The van der Waals surface area contributed by atoms with Crippen molar-refractivity contribution in [3.8, 4) is 11.5 Å². The first-order chi connectivity index (χ1) is 14.5. The van der Waals surface area contributed by atoms with Crippen molar-refractivity contribution in [3.05, 3.63) is 72.3 Å². The number of nitrogens with zero attached hydrogens (tertiary/aromatic N) is 1. The summed E-state index contributed by atoms with van der Waals surface area (Å²) >= 11 is 0. The maximum Gasteiger partial charge on any atom is 0.387 e. The van der Waals surface area contributed by atoms with Crippen LogP contribution in [0.1, 0.15) is 24.2 Å². The van der Waals surface area contributed by atoms with Crippen LogP contribution in [0.4, 0.5) is 8.78 Å². The smallest absolute Gasteiger partial charge is 0.387 e. The summed E-state index contributed by atoms with van der Waals surface area (Å²) in [5.74, 6) is 1.32. The lowest BCUT2D eigenvalue weighted by Crippen LogP contribution is -2.39. The van der Waals surface area contributed by atoms with Crippen LogP contribution in [0.3, 0.4) is 0 Å². The van der Waals surface area contributed by atoms with Gasteiger partial charge in [0.25, 0.3) is 0 Å². The third kappa shape index (κ3) is 7.71. The van der Waals surface area contributed by atoms with Crippen molar-refractivity contribution in [2.75, 3.05) is 19.7 Å². The average molecular weight is 419 g/mol. The summed E-state index contributed by atoms with van der Waals surface area (Å²) in [6, 6.07) is 13.5. The van der Waals surface area contributed by atoms with Crippen LogP contribution in [0, 0.1) is 0 Å². The lowest BCUT2D eigenvalue weighted by atomic mass is 10.1. The summed E-state index contributed by atoms with van der Waals surface area (Å²) < 4.78 is 34.4. The molecule has 1 unspecified atom stereocenters. The second-order valence-electron chi connectivity index (χ2n) is 6.25. The molecule has 0 aromatic heterocycles. The maximum absolute atomic E-state index is 12.2. The Labute approximate surface area is 175 Å². The zero-order valence-electron chi connectivity index (χ0n) is 16.9. The van der Waals surface area contributed by atoms with Gasteiger partial charge in [-0.15, -0.1) is 0 Å². The molecule has 0 fully saturated rings. The van der Waals surface area contributed by atoms with Crippen molar-refractivity contribution >= 4 is 5.96 Å². The fourth-order valence-electron chi connectivity index (χ4n) is 2.61. The second-order valence-corrected chi connectivity index (χ2v) is 6.25. The molecular weight excluding hydrogens is 392 g/mol. The Hall–Kier alpha value is -3.13. The summed E-state index contributed by atoms with van der Waals surface area (Å²) in [6.07, 6.45) is 0.830. The number of aliphatic hydroxyl groups excluding tert-OH is 1. The molecule has 0 saturated heterocycles. The lowest BCUT2D eigenvalue weighted by molar-refractivity contribution is -0.0498. The van der Waals surface area contributed by atoms with Gasteiger partial charge in [0.2, 0.25) is 0 Å². The third-order valence-electron chi connectivity index (χ3n) is 4.03. The molecule has 8 heteroatoms. The molecule has 162 valence electrons. The standard InChI is InChI=1S/C22H27F2N3O3/c1-3-13-29-20-8-6-5-7-17(20)14-26-22(25-4-2)27-15-19(28)16-9-11-18(12-10-16)30-21(23)24/h3,5-12,19,21,28H,1,4,13-15H2,2H3,(H2,25,26,27). The minimum Gasteiger partial charge on any atom is -0.489 e. The van der Waals surface area contributed by atoms with Gasteiger partial charge in [0, 0.05) is 18.7 Å². The van der Waals surface area contributed by atoms with Gasteiger partial charge in [0.15, 0.2) is 5.96 Å². The minimum absolute atomic E-state index is 0.0427. The lowest BCUT2D eigenvalue weighted by Gasteiger charge is -2.16. The van der Waals surface area contributed by atoms with E-state index in [1.807, 2.05) is 31.2 Å². The van der Waals surface area contributed by atoms with Crippen LogP contribution in [0.15, 0.2) is 66.2 Å². The predicted molar refractivity (Wildman–Crippen MR) is 113 cm³/mol. The van der Waals surface area contributed by atoms with Gasteiger partial charge in [-0.25, -0.2) is 4.99 Å². The van der Waals surface area contributed by atoms with E-state index in [1.54, 1.807) is 18.2 Å². The number of para-hydroxylation sites is 1. The number of rotatable bonds is 11. The van der Waals surface area contributed by atoms with E-state index in [0.29, 0.717) is 31.2 Å². The molecule has 2 aromatic carbocycles. The molecule has 3 N–H and O–H groups in total. The van der Waals surface area contributed by atoms with E-state index >= 15 is 0 Å². The number of alkyl halides is 2. The highest BCUT2D eigenvalue weighted by atomic mass is 19.3. The monoisotopic (exact) mass is 419 g/mol. The Morgan fingerprint density at radius 3 is 2.57 bits per heavy atom. The fourth-order valence-corrected chi connectivity index (χ4v) is 2.61. The SMILES string of the molecule is C=CCOc1ccccc1CN=C(NCC)NCC(O)c1ccc(OC(F)F)cc1. The van der Waals surface area contributed by atoms with E-state index in [0.717, 1.165) is 11.3 Å². The van der Waals surface area contributed by atoms with Crippen molar-refractivity contribution in [1.82, 2.24) is 10.6 Å². The number of hydrogen-bond donors (Lipinski definition) is 3. The van der Waals surface area contributed by atoms with Gasteiger partial charge in [-0.2, -0.15) is 8.78 Å². The fraction of sp³-hybridized carbons (Fsp3) is 0.318. The van der Waals surface area contributed by atoms with Crippen LogP contribution in [0.25, 0.3) is 0 Å². The van der Waals surface area contributed by atoms with E-state index in [-0.39, 0.29) is 12.3 Å². The predicted octanol–water partition coefficient (Wildman–Crippen LogP) is 3.64. The van der Waals surface area contributed by atoms with Crippen molar-refractivity contribution in [2.45, 2.75) is 26.2 Å². The number of guanidine groups is 1. The first kappa shape index (κ1) is 23.2. The molecule has 0 aliphatic carbocycles. The molecule has 0 aliphatic rings. The normalized spacial score (nSPS) is 12.4. The third-order valence-corrected chi connectivity index (χ3v) is 4.03. The van der Waals surface area contributed by atoms with Crippen LogP contribution in [-0.2, 0) is 6.54 Å². The first-order valence-electron chi connectivity index (χ1n) is 9.60. The zero-order chi connectivity index (χ0) is 21.8. The van der Waals surface area contributed by atoms with Crippen LogP contribution in [0.5, 0.6) is 11.5 Å². The van der Waals surface area contributed by atoms with Crippen LogP contribution in [0.2, 0.25) is 0 Å². The highest BCUT2D eigenvalue weighted by Gasteiger charge is 2.10. The van der Waals surface area contributed by atoms with Crippen molar-refractivity contribution in [2.24, 2.45) is 4.99 Å². The number of nitrogens with one attached hydrogen (secondary N) is 2. The molecule has 0 bridgehead atoms. The summed E-state index contributed by atoms with van der Waals surface area (Å²) in [7, 11) is 0.